The van der Waals surface area contributed by atoms with E-state index in [1.54, 1.807) is 16.9 Å². The summed E-state index contributed by atoms with van der Waals surface area (Å²) in [7, 11) is -3.88. The third-order valence-corrected chi connectivity index (χ3v) is 3.74. The number of amides is 1. The van der Waals surface area contributed by atoms with Gasteiger partial charge in [-0.2, -0.15) is 0 Å². The van der Waals surface area contributed by atoms with Crippen LogP contribution in [-0.4, -0.2) is 20.6 Å². The summed E-state index contributed by atoms with van der Waals surface area (Å²) in [6, 6.07) is 8.59. The monoisotopic (exact) mass is 355 g/mol. The highest BCUT2D eigenvalue weighted by atomic mass is 32.2. The Morgan fingerprint density at radius 3 is 2.46 bits per heavy atom. The maximum absolute atomic E-state index is 14.0. The van der Waals surface area contributed by atoms with E-state index in [0.29, 0.717) is 12.1 Å². The highest BCUT2D eigenvalue weighted by Gasteiger charge is 2.19. The number of halogens is 2. The zero-order chi connectivity index (χ0) is 17.9. The molecule has 2 aromatic rings. The highest BCUT2D eigenvalue weighted by molar-refractivity contribution is 7.89. The summed E-state index contributed by atoms with van der Waals surface area (Å²) in [5.74, 6) is -3.67. The molecule has 0 bridgehead atoms. The molecule has 0 saturated carbocycles. The molecule has 0 aliphatic carbocycles. The fourth-order valence-corrected chi connectivity index (χ4v) is 2.41. The Morgan fingerprint density at radius 2 is 1.83 bits per heavy atom. The SMILES string of the molecule is Cc1ccccc1COc1cc(F)c(C(=O)NS(C)(=O)=O)cc1F. The normalized spacial score (nSPS) is 11.2. The van der Waals surface area contributed by atoms with Crippen molar-refractivity contribution in [3.8, 4) is 5.75 Å². The van der Waals surface area contributed by atoms with E-state index in [0.717, 1.165) is 17.4 Å². The molecule has 0 saturated heterocycles. The number of carbonyl (C=O) groups excluding carboxylic acids is 1. The number of nitrogens with one attached hydrogen (secondary N) is 1. The molecule has 24 heavy (non-hydrogen) atoms. The number of ether oxygens (including phenoxy) is 1. The van der Waals surface area contributed by atoms with Gasteiger partial charge in [0, 0.05) is 6.07 Å². The molecule has 0 atom stereocenters. The van der Waals surface area contributed by atoms with Gasteiger partial charge in [-0.1, -0.05) is 24.3 Å². The van der Waals surface area contributed by atoms with Crippen molar-refractivity contribution in [2.75, 3.05) is 6.26 Å². The van der Waals surface area contributed by atoms with Gasteiger partial charge in [-0.05, 0) is 24.1 Å². The zero-order valence-electron chi connectivity index (χ0n) is 13.0. The van der Waals surface area contributed by atoms with Gasteiger partial charge in [-0.25, -0.2) is 21.9 Å². The smallest absolute Gasteiger partial charge is 0.267 e. The maximum Gasteiger partial charge on any atom is 0.267 e. The average molecular weight is 355 g/mol. The molecule has 128 valence electrons. The molecule has 5 nitrogen and oxygen atoms in total. The largest absolute Gasteiger partial charge is 0.486 e. The predicted octanol–water partition coefficient (Wildman–Crippen LogP) is 2.54. The minimum atomic E-state index is -3.88. The van der Waals surface area contributed by atoms with Crippen molar-refractivity contribution >= 4 is 15.9 Å². The molecular formula is C16H15F2NO4S. The summed E-state index contributed by atoms with van der Waals surface area (Å²) in [5.41, 5.74) is 1.01. The van der Waals surface area contributed by atoms with Gasteiger partial charge in [0.15, 0.2) is 11.6 Å². The number of sulfonamides is 1. The van der Waals surface area contributed by atoms with Crippen molar-refractivity contribution in [2.24, 2.45) is 0 Å². The molecule has 0 unspecified atom stereocenters. The molecule has 0 aromatic heterocycles. The summed E-state index contributed by atoms with van der Waals surface area (Å²) < 4.78 is 56.8. The Balaban J connectivity index is 2.21. The van der Waals surface area contributed by atoms with Gasteiger partial charge in [0.05, 0.1) is 11.8 Å². The molecule has 1 N–H and O–H groups in total. The number of rotatable bonds is 5. The van der Waals surface area contributed by atoms with Gasteiger partial charge < -0.3 is 4.74 Å². The van der Waals surface area contributed by atoms with E-state index in [9.17, 15) is 22.0 Å². The standard InChI is InChI=1S/C16H15F2NO4S/c1-10-5-3-4-6-11(10)9-23-15-8-13(17)12(7-14(15)18)16(20)19-24(2,21)22/h3-8H,9H2,1-2H3,(H,19,20). The molecule has 0 heterocycles. The van der Waals surface area contributed by atoms with Crippen LogP contribution in [0.5, 0.6) is 5.75 Å². The van der Waals surface area contributed by atoms with Crippen molar-refractivity contribution < 1.29 is 26.7 Å². The van der Waals surface area contributed by atoms with Crippen LogP contribution >= 0.6 is 0 Å². The second-order valence-electron chi connectivity index (χ2n) is 5.18. The maximum atomic E-state index is 14.0. The first-order valence-corrected chi connectivity index (χ1v) is 8.75. The Hall–Kier alpha value is -2.48. The van der Waals surface area contributed by atoms with Gasteiger partial charge >= 0.3 is 0 Å². The van der Waals surface area contributed by atoms with Crippen molar-refractivity contribution in [2.45, 2.75) is 13.5 Å². The van der Waals surface area contributed by atoms with E-state index >= 15 is 0 Å². The number of hydrogen-bond acceptors (Lipinski definition) is 4. The van der Waals surface area contributed by atoms with Gasteiger partial charge in [0.2, 0.25) is 10.0 Å². The van der Waals surface area contributed by atoms with Crippen LogP contribution < -0.4 is 9.46 Å². The minimum absolute atomic E-state index is 0.0257. The van der Waals surface area contributed by atoms with Crippen molar-refractivity contribution in [1.82, 2.24) is 4.72 Å². The van der Waals surface area contributed by atoms with Crippen LogP contribution in [-0.2, 0) is 16.6 Å². The second-order valence-corrected chi connectivity index (χ2v) is 6.93. The third kappa shape index (κ3) is 4.51. The molecule has 1 amide bonds. The third-order valence-electron chi connectivity index (χ3n) is 3.19. The van der Waals surface area contributed by atoms with E-state index in [2.05, 4.69) is 0 Å². The van der Waals surface area contributed by atoms with Gasteiger partial charge in [0.25, 0.3) is 5.91 Å². The van der Waals surface area contributed by atoms with Crippen LogP contribution in [0, 0.1) is 18.6 Å². The second kappa shape index (κ2) is 6.96. The Kier molecular flexibility index (Phi) is 5.18. The van der Waals surface area contributed by atoms with Crippen LogP contribution in [0.15, 0.2) is 36.4 Å². The summed E-state index contributed by atoms with van der Waals surface area (Å²) in [6.45, 7) is 1.88. The van der Waals surface area contributed by atoms with Gasteiger partial charge in [-0.3, -0.25) is 4.79 Å². The Labute approximate surface area is 138 Å². The minimum Gasteiger partial charge on any atom is -0.486 e. The molecule has 2 rings (SSSR count). The number of hydrogen-bond donors (Lipinski definition) is 1. The predicted molar refractivity (Wildman–Crippen MR) is 84.2 cm³/mol. The van der Waals surface area contributed by atoms with Crippen molar-refractivity contribution in [3.05, 3.63) is 64.7 Å². The van der Waals surface area contributed by atoms with E-state index in [1.165, 1.54) is 0 Å². The molecular weight excluding hydrogens is 340 g/mol. The first kappa shape index (κ1) is 17.9. The van der Waals surface area contributed by atoms with Gasteiger partial charge in [-0.15, -0.1) is 0 Å². The summed E-state index contributed by atoms with van der Waals surface area (Å²) in [6.07, 6.45) is 0.735. The fraction of sp³-hybridized carbons (Fsp3) is 0.188. The zero-order valence-corrected chi connectivity index (χ0v) is 13.8. The lowest BCUT2D eigenvalue weighted by molar-refractivity contribution is 0.0977. The first-order chi connectivity index (χ1) is 11.2. The summed E-state index contributed by atoms with van der Waals surface area (Å²) in [4.78, 5) is 11.6. The molecule has 0 radical (unpaired) electrons. The first-order valence-electron chi connectivity index (χ1n) is 6.86. The molecule has 0 spiro atoms. The molecule has 8 heteroatoms. The van der Waals surface area contributed by atoms with E-state index in [4.69, 9.17) is 4.74 Å². The highest BCUT2D eigenvalue weighted by Crippen LogP contribution is 2.23. The number of aryl methyl sites for hydroxylation is 1. The van der Waals surface area contributed by atoms with Crippen LogP contribution in [0.3, 0.4) is 0 Å². The number of carbonyl (C=O) groups is 1. The lowest BCUT2D eigenvalue weighted by Crippen LogP contribution is -2.30. The van der Waals surface area contributed by atoms with E-state index in [1.807, 2.05) is 19.1 Å². The summed E-state index contributed by atoms with van der Waals surface area (Å²) >= 11 is 0. The van der Waals surface area contributed by atoms with Crippen LogP contribution in [0.4, 0.5) is 8.78 Å². The quantitative estimate of drug-likeness (QED) is 0.895. The van der Waals surface area contributed by atoms with E-state index < -0.39 is 33.1 Å². The van der Waals surface area contributed by atoms with Crippen LogP contribution in [0.25, 0.3) is 0 Å². The van der Waals surface area contributed by atoms with E-state index in [-0.39, 0.29) is 12.4 Å². The Bertz CT molecular complexity index is 882. The summed E-state index contributed by atoms with van der Waals surface area (Å²) in [5, 5.41) is 0. The van der Waals surface area contributed by atoms with Crippen molar-refractivity contribution in [3.63, 3.8) is 0 Å². The van der Waals surface area contributed by atoms with Crippen molar-refractivity contribution in [1.29, 1.82) is 0 Å². The van der Waals surface area contributed by atoms with Crippen LogP contribution in [0.2, 0.25) is 0 Å². The Morgan fingerprint density at radius 1 is 1.17 bits per heavy atom. The number of benzene rings is 2. The molecule has 0 fully saturated rings. The molecule has 0 aliphatic rings. The topological polar surface area (TPSA) is 72.5 Å². The molecule has 0 aliphatic heterocycles. The lowest BCUT2D eigenvalue weighted by atomic mass is 10.1. The lowest BCUT2D eigenvalue weighted by Gasteiger charge is -2.11. The fourth-order valence-electron chi connectivity index (χ4n) is 1.96. The molecule has 2 aromatic carbocycles. The van der Waals surface area contributed by atoms with Crippen LogP contribution in [0.1, 0.15) is 21.5 Å². The average Bonchev–Trinajstić information content (AvgIpc) is 2.47. The van der Waals surface area contributed by atoms with Gasteiger partial charge in [0.1, 0.15) is 12.4 Å².